The van der Waals surface area contributed by atoms with Gasteiger partial charge in [0.1, 0.15) is 0 Å². The maximum Gasteiger partial charge on any atom is -0.0112 e. The first kappa shape index (κ1) is 9.81. The summed E-state index contributed by atoms with van der Waals surface area (Å²) in [4.78, 5) is 0. The molecule has 0 aliphatic heterocycles. The van der Waals surface area contributed by atoms with Crippen LogP contribution in [0.3, 0.4) is 0 Å². The van der Waals surface area contributed by atoms with E-state index >= 15 is 0 Å². The Morgan fingerprint density at radius 2 is 1.81 bits per heavy atom. The van der Waals surface area contributed by atoms with Crippen molar-refractivity contribution in [2.75, 3.05) is 0 Å². The second kappa shape index (κ2) is 3.57. The van der Waals surface area contributed by atoms with E-state index in [0.717, 1.165) is 0 Å². The van der Waals surface area contributed by atoms with Crippen molar-refractivity contribution in [3.05, 3.63) is 70.9 Å². The lowest BCUT2D eigenvalue weighted by atomic mass is 10.0. The molecular weight excluding hydrogens is 211 g/mol. The average molecular weight is 224 g/mol. The summed E-state index contributed by atoms with van der Waals surface area (Å²) >= 11 is 0. The van der Waals surface area contributed by atoms with Crippen LogP contribution >= 0.6 is 9.24 Å². The molecule has 0 saturated carbocycles. The molecule has 0 nitrogen and oxygen atoms in total. The van der Waals surface area contributed by atoms with Crippen LogP contribution in [0.2, 0.25) is 0 Å². The Morgan fingerprint density at radius 1 is 1.00 bits per heavy atom. The van der Waals surface area contributed by atoms with Crippen LogP contribution in [0, 0.1) is 6.92 Å². The van der Waals surface area contributed by atoms with Gasteiger partial charge < -0.3 is 0 Å². The maximum atomic E-state index is 2.82. The van der Waals surface area contributed by atoms with Gasteiger partial charge in [0, 0.05) is 0 Å². The number of hydrogen-bond donors (Lipinski definition) is 0. The third kappa shape index (κ3) is 1.50. The molecule has 1 atom stereocenters. The summed E-state index contributed by atoms with van der Waals surface area (Å²) in [5.74, 6) is 0. The van der Waals surface area contributed by atoms with Crippen molar-refractivity contribution in [1.29, 1.82) is 0 Å². The first-order valence-electron chi connectivity index (χ1n) is 5.43. The summed E-state index contributed by atoms with van der Waals surface area (Å²) in [7, 11) is 2.82. The average Bonchev–Trinajstić information content (AvgIpc) is 2.76. The number of allylic oxidation sites excluding steroid dienone is 8. The summed E-state index contributed by atoms with van der Waals surface area (Å²) in [6, 6.07) is 6.57. The Bertz CT molecular complexity index is 583. The Labute approximate surface area is 98.3 Å². The second-order valence-corrected chi connectivity index (χ2v) is 4.89. The minimum atomic E-state index is 1.27. The lowest BCUT2D eigenvalue weighted by molar-refractivity contribution is 1.48. The van der Waals surface area contributed by atoms with Crippen LogP contribution in [-0.4, -0.2) is 0 Å². The zero-order chi connectivity index (χ0) is 11.1. The third-order valence-corrected chi connectivity index (χ3v) is 3.50. The topological polar surface area (TPSA) is 0 Å². The van der Waals surface area contributed by atoms with E-state index in [4.69, 9.17) is 0 Å². The molecule has 3 rings (SSSR count). The molecule has 0 N–H and O–H groups in total. The van der Waals surface area contributed by atoms with Crippen LogP contribution < -0.4 is 5.30 Å². The Balaban J connectivity index is 2.07. The highest BCUT2D eigenvalue weighted by molar-refractivity contribution is 7.27. The van der Waals surface area contributed by atoms with Crippen molar-refractivity contribution in [1.82, 2.24) is 0 Å². The van der Waals surface area contributed by atoms with E-state index in [9.17, 15) is 0 Å². The zero-order valence-corrected chi connectivity index (χ0v) is 10.4. The van der Waals surface area contributed by atoms with Gasteiger partial charge in [0.05, 0.1) is 0 Å². The smallest absolute Gasteiger partial charge is 0.0112 e. The van der Waals surface area contributed by atoms with Gasteiger partial charge in [-0.05, 0) is 46.7 Å². The van der Waals surface area contributed by atoms with E-state index in [0.29, 0.717) is 0 Å². The maximum absolute atomic E-state index is 2.82. The van der Waals surface area contributed by atoms with E-state index in [1.165, 1.54) is 33.2 Å². The monoisotopic (exact) mass is 224 g/mol. The highest BCUT2D eigenvalue weighted by Crippen LogP contribution is 2.33. The molecule has 0 radical (unpaired) electrons. The fourth-order valence-electron chi connectivity index (χ4n) is 2.19. The molecule has 2 aliphatic rings. The lowest BCUT2D eigenvalue weighted by Crippen LogP contribution is -1.99. The number of fused-ring (bicyclic) bond motifs is 1. The van der Waals surface area contributed by atoms with Crippen LogP contribution in [0.25, 0.3) is 5.57 Å². The summed E-state index contributed by atoms with van der Waals surface area (Å²) < 4.78 is 0. The molecule has 0 saturated heterocycles. The highest BCUT2D eigenvalue weighted by Gasteiger charge is 2.14. The van der Waals surface area contributed by atoms with E-state index in [-0.39, 0.29) is 0 Å². The van der Waals surface area contributed by atoms with Gasteiger partial charge in [0.25, 0.3) is 0 Å². The van der Waals surface area contributed by atoms with Gasteiger partial charge in [-0.15, -0.1) is 9.24 Å². The Hall–Kier alpha value is -1.39. The molecule has 1 heteroatoms. The molecule has 1 aromatic carbocycles. The van der Waals surface area contributed by atoms with Crippen LogP contribution in [-0.2, 0) is 0 Å². The van der Waals surface area contributed by atoms with E-state index in [1.807, 2.05) is 0 Å². The first-order valence-corrected chi connectivity index (χ1v) is 6.00. The summed E-state index contributed by atoms with van der Waals surface area (Å²) in [6.45, 7) is 2.12. The van der Waals surface area contributed by atoms with Crippen LogP contribution in [0.15, 0.2) is 59.7 Å². The van der Waals surface area contributed by atoms with Crippen molar-refractivity contribution < 1.29 is 0 Å². The minimum Gasteiger partial charge on any atom is -0.105 e. The fourth-order valence-corrected chi connectivity index (χ4v) is 2.71. The molecule has 78 valence electrons. The molecule has 0 heterocycles. The highest BCUT2D eigenvalue weighted by atomic mass is 31.0. The second-order valence-electron chi connectivity index (χ2n) is 4.27. The van der Waals surface area contributed by atoms with E-state index in [2.05, 4.69) is 64.7 Å². The van der Waals surface area contributed by atoms with Gasteiger partial charge in [-0.3, -0.25) is 0 Å². The van der Waals surface area contributed by atoms with Gasteiger partial charge in [-0.1, -0.05) is 42.0 Å². The summed E-state index contributed by atoms with van der Waals surface area (Å²) in [5, 5.41) is 1.27. The molecule has 2 aliphatic carbocycles. The van der Waals surface area contributed by atoms with Crippen molar-refractivity contribution in [2.45, 2.75) is 6.92 Å². The molecule has 1 unspecified atom stereocenters. The van der Waals surface area contributed by atoms with Crippen molar-refractivity contribution in [2.24, 2.45) is 0 Å². The summed E-state index contributed by atoms with van der Waals surface area (Å²) in [6.07, 6.45) is 10.9. The quantitative estimate of drug-likeness (QED) is 0.642. The van der Waals surface area contributed by atoms with Gasteiger partial charge in [-0.2, -0.15) is 0 Å². The normalized spacial score (nSPS) is 17.0. The standard InChI is InChI=1S/C15H13P/c1-10-5-6-14(15(16)7-10)13-8-11-3-2-4-12(11)9-13/h2-9H,16H2,1H3. The molecule has 1 aromatic rings. The fraction of sp³-hybridized carbons (Fsp3) is 0.0667. The molecule has 0 aromatic heterocycles. The zero-order valence-electron chi connectivity index (χ0n) is 9.20. The van der Waals surface area contributed by atoms with Gasteiger partial charge in [0.15, 0.2) is 0 Å². The van der Waals surface area contributed by atoms with Gasteiger partial charge >= 0.3 is 0 Å². The van der Waals surface area contributed by atoms with E-state index in [1.54, 1.807) is 0 Å². The molecule has 16 heavy (non-hydrogen) atoms. The first-order chi connectivity index (χ1) is 7.74. The van der Waals surface area contributed by atoms with Crippen molar-refractivity contribution >= 4 is 20.1 Å². The molecule has 0 spiro atoms. The van der Waals surface area contributed by atoms with E-state index < -0.39 is 0 Å². The number of benzene rings is 1. The Kier molecular flexibility index (Phi) is 2.19. The SMILES string of the molecule is Cc1ccc(C2=CC3=CC=CC3=C2)c(P)c1. The molecule has 0 bridgehead atoms. The number of hydrogen-bond acceptors (Lipinski definition) is 0. The minimum absolute atomic E-state index is 1.27. The number of rotatable bonds is 1. The summed E-state index contributed by atoms with van der Waals surface area (Å²) in [5.41, 5.74) is 6.60. The molecule has 0 fully saturated rings. The predicted octanol–water partition coefficient (Wildman–Crippen LogP) is 3.32. The number of aryl methyl sites for hydroxylation is 1. The van der Waals surface area contributed by atoms with Crippen LogP contribution in [0.4, 0.5) is 0 Å². The van der Waals surface area contributed by atoms with Crippen LogP contribution in [0.5, 0.6) is 0 Å². The van der Waals surface area contributed by atoms with Crippen molar-refractivity contribution in [3.8, 4) is 0 Å². The van der Waals surface area contributed by atoms with Gasteiger partial charge in [-0.25, -0.2) is 0 Å². The third-order valence-electron chi connectivity index (χ3n) is 3.02. The molecule has 0 amide bonds. The molecular formula is C15H13P. The lowest BCUT2D eigenvalue weighted by Gasteiger charge is -2.05. The Morgan fingerprint density at radius 3 is 2.56 bits per heavy atom. The predicted molar refractivity (Wildman–Crippen MR) is 73.8 cm³/mol. The van der Waals surface area contributed by atoms with Crippen LogP contribution in [0.1, 0.15) is 11.1 Å². The largest absolute Gasteiger partial charge is 0.105 e. The van der Waals surface area contributed by atoms with Crippen molar-refractivity contribution in [3.63, 3.8) is 0 Å². The van der Waals surface area contributed by atoms with Gasteiger partial charge in [0.2, 0.25) is 0 Å².